The minimum Gasteiger partial charge on any atom is -0.497 e. The molecule has 0 aliphatic heterocycles. The van der Waals surface area contributed by atoms with Crippen molar-refractivity contribution in [1.82, 2.24) is 19.5 Å². The van der Waals surface area contributed by atoms with Crippen molar-refractivity contribution in [2.45, 2.75) is 0 Å². The Labute approximate surface area is 130 Å². The Bertz CT molecular complexity index is 930. The Morgan fingerprint density at radius 2 is 2.14 bits per heavy atom. The van der Waals surface area contributed by atoms with E-state index in [1.54, 1.807) is 31.0 Å². The summed E-state index contributed by atoms with van der Waals surface area (Å²) in [5.74, 6) is 2.31. The van der Waals surface area contributed by atoms with Gasteiger partial charge in [0.2, 0.25) is 0 Å². The largest absolute Gasteiger partial charge is 0.497 e. The van der Waals surface area contributed by atoms with E-state index in [9.17, 15) is 0 Å². The van der Waals surface area contributed by atoms with E-state index >= 15 is 0 Å². The van der Waals surface area contributed by atoms with E-state index in [2.05, 4.69) is 9.97 Å². The zero-order valence-corrected chi connectivity index (χ0v) is 12.6. The summed E-state index contributed by atoms with van der Waals surface area (Å²) in [6.45, 7) is 0. The fourth-order valence-electron chi connectivity index (χ4n) is 2.30. The molecule has 0 unspecified atom stereocenters. The molecule has 0 aliphatic rings. The zero-order valence-electron chi connectivity index (χ0n) is 11.8. The summed E-state index contributed by atoms with van der Waals surface area (Å²) in [4.78, 5) is 13.5. The summed E-state index contributed by atoms with van der Waals surface area (Å²) in [6.07, 6.45) is 5.38. The molecule has 4 aromatic rings. The summed E-state index contributed by atoms with van der Waals surface area (Å²) in [6, 6.07) is 9.76. The lowest BCUT2D eigenvalue weighted by Crippen LogP contribution is -1.99. The van der Waals surface area contributed by atoms with Gasteiger partial charge in [-0.3, -0.25) is 4.57 Å². The first kappa shape index (κ1) is 13.0. The second-order valence-corrected chi connectivity index (χ2v) is 5.62. The van der Waals surface area contributed by atoms with Crippen LogP contribution in [0.25, 0.3) is 27.4 Å². The maximum Gasteiger partial charge on any atom is 0.162 e. The summed E-state index contributed by atoms with van der Waals surface area (Å²) in [5.41, 5.74) is 1.86. The lowest BCUT2D eigenvalue weighted by molar-refractivity contribution is 0.415. The molecule has 0 aliphatic carbocycles. The van der Waals surface area contributed by atoms with Crippen molar-refractivity contribution in [3.05, 3.63) is 54.4 Å². The molecule has 0 saturated carbocycles. The molecule has 0 bridgehead atoms. The van der Waals surface area contributed by atoms with Crippen LogP contribution in [0.5, 0.6) is 5.75 Å². The molecular weight excluding hydrogens is 296 g/mol. The van der Waals surface area contributed by atoms with Crippen LogP contribution in [0.1, 0.15) is 0 Å². The molecule has 0 saturated heterocycles. The first-order valence-corrected chi connectivity index (χ1v) is 7.61. The summed E-state index contributed by atoms with van der Waals surface area (Å²) >= 11 is 1.63. The molecule has 1 aromatic carbocycles. The Hall–Kier alpha value is -2.73. The standard InChI is InChI=1S/C16H12N4OS/c1-21-12-4-2-3-11(9-12)15-18-13-5-8-22-14(13)16(19-15)20-7-6-17-10-20/h2-10H,1H3. The van der Waals surface area contributed by atoms with Crippen molar-refractivity contribution in [2.24, 2.45) is 0 Å². The molecule has 0 amide bonds. The highest BCUT2D eigenvalue weighted by Crippen LogP contribution is 2.29. The fourth-order valence-corrected chi connectivity index (χ4v) is 3.12. The zero-order chi connectivity index (χ0) is 14.9. The topological polar surface area (TPSA) is 52.8 Å². The third-order valence-electron chi connectivity index (χ3n) is 3.36. The van der Waals surface area contributed by atoms with Crippen LogP contribution in [0, 0.1) is 0 Å². The average molecular weight is 308 g/mol. The third-order valence-corrected chi connectivity index (χ3v) is 4.26. The number of thiophene rings is 1. The molecule has 0 atom stereocenters. The number of hydrogen-bond donors (Lipinski definition) is 0. The van der Waals surface area contributed by atoms with Gasteiger partial charge in [-0.25, -0.2) is 15.0 Å². The molecular formula is C16H12N4OS. The second-order valence-electron chi connectivity index (χ2n) is 4.71. The van der Waals surface area contributed by atoms with Crippen LogP contribution in [0.15, 0.2) is 54.4 Å². The minimum absolute atomic E-state index is 0.675. The predicted molar refractivity (Wildman–Crippen MR) is 86.5 cm³/mol. The molecule has 3 aromatic heterocycles. The van der Waals surface area contributed by atoms with Gasteiger partial charge in [0.15, 0.2) is 11.6 Å². The third kappa shape index (κ3) is 2.14. The van der Waals surface area contributed by atoms with Gasteiger partial charge in [-0.15, -0.1) is 11.3 Å². The SMILES string of the molecule is COc1cccc(-c2nc(-n3ccnc3)c3sccc3n2)c1. The van der Waals surface area contributed by atoms with Gasteiger partial charge in [-0.05, 0) is 23.6 Å². The molecule has 5 nitrogen and oxygen atoms in total. The van der Waals surface area contributed by atoms with Crippen molar-refractivity contribution in [2.75, 3.05) is 7.11 Å². The normalized spacial score (nSPS) is 11.0. The van der Waals surface area contributed by atoms with Crippen molar-refractivity contribution < 1.29 is 4.74 Å². The van der Waals surface area contributed by atoms with Crippen molar-refractivity contribution in [3.8, 4) is 23.0 Å². The predicted octanol–water partition coefficient (Wildman–Crippen LogP) is 3.55. The summed E-state index contributed by atoms with van der Waals surface area (Å²) in [5, 5.41) is 2.02. The van der Waals surface area contributed by atoms with Crippen LogP contribution in [0.2, 0.25) is 0 Å². The van der Waals surface area contributed by atoms with Gasteiger partial charge >= 0.3 is 0 Å². The highest BCUT2D eigenvalue weighted by Gasteiger charge is 2.12. The van der Waals surface area contributed by atoms with Gasteiger partial charge in [0.05, 0.1) is 17.3 Å². The van der Waals surface area contributed by atoms with Crippen LogP contribution >= 0.6 is 11.3 Å². The lowest BCUT2D eigenvalue weighted by Gasteiger charge is -2.07. The fraction of sp³-hybridized carbons (Fsp3) is 0.0625. The van der Waals surface area contributed by atoms with E-state index < -0.39 is 0 Å². The minimum atomic E-state index is 0.675. The maximum absolute atomic E-state index is 5.28. The van der Waals surface area contributed by atoms with E-state index in [0.717, 1.165) is 27.3 Å². The highest BCUT2D eigenvalue weighted by molar-refractivity contribution is 7.17. The number of nitrogens with zero attached hydrogens (tertiary/aromatic N) is 4. The van der Waals surface area contributed by atoms with Gasteiger partial charge in [0, 0.05) is 18.0 Å². The number of benzene rings is 1. The van der Waals surface area contributed by atoms with Gasteiger partial charge in [0.25, 0.3) is 0 Å². The lowest BCUT2D eigenvalue weighted by atomic mass is 10.2. The van der Waals surface area contributed by atoms with Crippen molar-refractivity contribution in [1.29, 1.82) is 0 Å². The molecule has 0 fully saturated rings. The van der Waals surface area contributed by atoms with Crippen LogP contribution in [-0.2, 0) is 0 Å². The average Bonchev–Trinajstić information content (AvgIpc) is 3.25. The Kier molecular flexibility index (Phi) is 3.08. The molecule has 4 rings (SSSR count). The molecule has 3 heterocycles. The van der Waals surface area contributed by atoms with E-state index in [0.29, 0.717) is 5.82 Å². The van der Waals surface area contributed by atoms with E-state index in [1.807, 2.05) is 46.5 Å². The number of ether oxygens (including phenoxy) is 1. The number of hydrogen-bond acceptors (Lipinski definition) is 5. The summed E-state index contributed by atoms with van der Waals surface area (Å²) < 4.78 is 8.24. The summed E-state index contributed by atoms with van der Waals surface area (Å²) in [7, 11) is 1.65. The number of fused-ring (bicyclic) bond motifs is 1. The Morgan fingerprint density at radius 3 is 2.95 bits per heavy atom. The molecule has 0 N–H and O–H groups in total. The van der Waals surface area contributed by atoms with Crippen LogP contribution < -0.4 is 4.74 Å². The van der Waals surface area contributed by atoms with Crippen LogP contribution in [-0.4, -0.2) is 26.6 Å². The molecule has 0 spiro atoms. The van der Waals surface area contributed by atoms with Gasteiger partial charge in [-0.2, -0.15) is 0 Å². The molecule has 6 heteroatoms. The number of methoxy groups -OCH3 is 1. The number of aromatic nitrogens is 4. The van der Waals surface area contributed by atoms with Gasteiger partial charge in [-0.1, -0.05) is 12.1 Å². The highest BCUT2D eigenvalue weighted by atomic mass is 32.1. The molecule has 0 radical (unpaired) electrons. The first-order chi connectivity index (χ1) is 10.8. The Balaban J connectivity index is 1.95. The molecule has 22 heavy (non-hydrogen) atoms. The van der Waals surface area contributed by atoms with Gasteiger partial charge in [0.1, 0.15) is 12.1 Å². The second kappa shape index (κ2) is 5.23. The van der Waals surface area contributed by atoms with Crippen molar-refractivity contribution in [3.63, 3.8) is 0 Å². The smallest absolute Gasteiger partial charge is 0.162 e. The van der Waals surface area contributed by atoms with E-state index in [-0.39, 0.29) is 0 Å². The number of rotatable bonds is 3. The van der Waals surface area contributed by atoms with E-state index in [4.69, 9.17) is 9.72 Å². The van der Waals surface area contributed by atoms with Crippen LogP contribution in [0.4, 0.5) is 0 Å². The first-order valence-electron chi connectivity index (χ1n) is 6.73. The quantitative estimate of drug-likeness (QED) is 0.581. The van der Waals surface area contributed by atoms with Crippen molar-refractivity contribution >= 4 is 21.6 Å². The Morgan fingerprint density at radius 1 is 1.18 bits per heavy atom. The number of imidazole rings is 1. The molecule has 108 valence electrons. The van der Waals surface area contributed by atoms with Crippen LogP contribution in [0.3, 0.4) is 0 Å². The van der Waals surface area contributed by atoms with E-state index in [1.165, 1.54) is 0 Å². The van der Waals surface area contributed by atoms with Gasteiger partial charge < -0.3 is 4.74 Å². The maximum atomic E-state index is 5.28. The monoisotopic (exact) mass is 308 g/mol.